The van der Waals surface area contributed by atoms with Gasteiger partial charge in [-0.15, -0.1) is 0 Å². The summed E-state index contributed by atoms with van der Waals surface area (Å²) < 4.78 is 12.4. The minimum absolute atomic E-state index is 0.182. The van der Waals surface area contributed by atoms with Gasteiger partial charge in [-0.3, -0.25) is 0 Å². The van der Waals surface area contributed by atoms with Gasteiger partial charge >= 0.3 is 0 Å². The van der Waals surface area contributed by atoms with Crippen LogP contribution >= 0.6 is 0 Å². The number of benzene rings is 1. The van der Waals surface area contributed by atoms with Crippen LogP contribution in [0.1, 0.15) is 18.9 Å². The van der Waals surface area contributed by atoms with E-state index in [1.165, 1.54) is 12.1 Å². The summed E-state index contributed by atoms with van der Waals surface area (Å²) in [6, 6.07) is 6.47. The normalized spacial score (nSPS) is 10.7. The van der Waals surface area contributed by atoms with Crippen LogP contribution in [0.2, 0.25) is 0 Å². The molecule has 0 amide bonds. The van der Waals surface area contributed by atoms with E-state index < -0.39 is 0 Å². The highest BCUT2D eigenvalue weighted by atomic mass is 19.1. The molecular weight excluding hydrogens is 139 g/mol. The smallest absolute Gasteiger partial charge is 0.123 e. The number of hydrogen-bond donors (Lipinski definition) is 0. The Bertz CT molecular complexity index is 234. The molecule has 0 heterocycles. The summed E-state index contributed by atoms with van der Waals surface area (Å²) in [5.74, 6) is -0.182. The molecule has 0 spiro atoms. The second-order valence-electron chi connectivity index (χ2n) is 2.36. The molecule has 0 atom stereocenters. The van der Waals surface area contributed by atoms with Gasteiger partial charge in [-0.1, -0.05) is 31.2 Å². The van der Waals surface area contributed by atoms with E-state index >= 15 is 0 Å². The first-order chi connectivity index (χ1) is 5.33. The Kier molecular flexibility index (Phi) is 2.84. The van der Waals surface area contributed by atoms with E-state index in [1.54, 1.807) is 12.1 Å². The zero-order valence-electron chi connectivity index (χ0n) is 6.55. The number of rotatable bonds is 2. The predicted molar refractivity (Wildman–Crippen MR) is 45.7 cm³/mol. The van der Waals surface area contributed by atoms with Gasteiger partial charge in [0.15, 0.2) is 0 Å². The van der Waals surface area contributed by atoms with Gasteiger partial charge in [-0.25, -0.2) is 4.39 Å². The van der Waals surface area contributed by atoms with Gasteiger partial charge in [0.25, 0.3) is 0 Å². The van der Waals surface area contributed by atoms with Crippen molar-refractivity contribution in [3.05, 3.63) is 41.7 Å². The summed E-state index contributed by atoms with van der Waals surface area (Å²) in [5, 5.41) is 0. The average Bonchev–Trinajstić information content (AvgIpc) is 2.04. The van der Waals surface area contributed by atoms with Gasteiger partial charge in [-0.2, -0.15) is 0 Å². The molecule has 0 bridgehead atoms. The molecule has 0 aliphatic carbocycles. The molecule has 0 unspecified atom stereocenters. The van der Waals surface area contributed by atoms with Crippen LogP contribution in [0.25, 0.3) is 6.08 Å². The standard InChI is InChI=1S/C10H11F/c1-2-3-4-9-5-7-10(11)8-6-9/h3-8H,2H2,1H3/b4-3+. The molecule has 0 radical (unpaired) electrons. The lowest BCUT2D eigenvalue weighted by Gasteiger charge is -1.90. The molecule has 0 nitrogen and oxygen atoms in total. The van der Waals surface area contributed by atoms with Crippen molar-refractivity contribution in [2.45, 2.75) is 13.3 Å². The molecule has 0 aliphatic rings. The molecule has 0 aromatic heterocycles. The van der Waals surface area contributed by atoms with E-state index in [2.05, 4.69) is 6.92 Å². The molecule has 0 aliphatic heterocycles. The third-order valence-electron chi connectivity index (χ3n) is 1.42. The highest BCUT2D eigenvalue weighted by molar-refractivity contribution is 5.48. The van der Waals surface area contributed by atoms with Crippen LogP contribution in [-0.2, 0) is 0 Å². The maximum absolute atomic E-state index is 12.4. The predicted octanol–water partition coefficient (Wildman–Crippen LogP) is 3.25. The topological polar surface area (TPSA) is 0 Å². The third-order valence-corrected chi connectivity index (χ3v) is 1.42. The lowest BCUT2D eigenvalue weighted by molar-refractivity contribution is 0.628. The summed E-state index contributed by atoms with van der Waals surface area (Å²) in [7, 11) is 0. The van der Waals surface area contributed by atoms with Crippen LogP contribution in [0.15, 0.2) is 30.3 Å². The number of halogens is 1. The lowest BCUT2D eigenvalue weighted by atomic mass is 10.2. The van der Waals surface area contributed by atoms with Crippen molar-refractivity contribution in [3.8, 4) is 0 Å². The lowest BCUT2D eigenvalue weighted by Crippen LogP contribution is -1.73. The van der Waals surface area contributed by atoms with Crippen LogP contribution in [0.4, 0.5) is 4.39 Å². The van der Waals surface area contributed by atoms with E-state index in [1.807, 2.05) is 12.2 Å². The van der Waals surface area contributed by atoms with E-state index in [4.69, 9.17) is 0 Å². The van der Waals surface area contributed by atoms with Crippen LogP contribution in [0.5, 0.6) is 0 Å². The average molecular weight is 150 g/mol. The van der Waals surface area contributed by atoms with Gasteiger partial charge < -0.3 is 0 Å². The van der Waals surface area contributed by atoms with E-state index in [-0.39, 0.29) is 5.82 Å². The van der Waals surface area contributed by atoms with Crippen molar-refractivity contribution in [2.75, 3.05) is 0 Å². The molecule has 0 saturated carbocycles. The maximum Gasteiger partial charge on any atom is 0.123 e. The monoisotopic (exact) mass is 150 g/mol. The fraction of sp³-hybridized carbons (Fsp3) is 0.200. The summed E-state index contributed by atoms with van der Waals surface area (Å²) in [6.07, 6.45) is 5.05. The van der Waals surface area contributed by atoms with Gasteiger partial charge in [0.1, 0.15) is 5.82 Å². The SMILES string of the molecule is CC/C=C/c1ccc(F)cc1. The second kappa shape index (κ2) is 3.91. The summed E-state index contributed by atoms with van der Waals surface area (Å²) >= 11 is 0. The molecule has 0 N–H and O–H groups in total. The van der Waals surface area contributed by atoms with E-state index in [0.29, 0.717) is 0 Å². The minimum Gasteiger partial charge on any atom is -0.207 e. The minimum atomic E-state index is -0.182. The summed E-state index contributed by atoms with van der Waals surface area (Å²) in [5.41, 5.74) is 1.05. The maximum atomic E-state index is 12.4. The largest absolute Gasteiger partial charge is 0.207 e. The van der Waals surface area contributed by atoms with Crippen molar-refractivity contribution in [3.63, 3.8) is 0 Å². The van der Waals surface area contributed by atoms with Crippen LogP contribution in [0, 0.1) is 5.82 Å². The Labute approximate surface area is 66.4 Å². The zero-order chi connectivity index (χ0) is 8.10. The Hall–Kier alpha value is -1.11. The fourth-order valence-electron chi connectivity index (χ4n) is 0.828. The van der Waals surface area contributed by atoms with Crippen molar-refractivity contribution < 1.29 is 4.39 Å². The molecule has 11 heavy (non-hydrogen) atoms. The van der Waals surface area contributed by atoms with E-state index in [0.717, 1.165) is 12.0 Å². The Morgan fingerprint density at radius 1 is 1.27 bits per heavy atom. The van der Waals surface area contributed by atoms with Crippen molar-refractivity contribution >= 4 is 6.08 Å². The fourth-order valence-corrected chi connectivity index (χ4v) is 0.828. The van der Waals surface area contributed by atoms with E-state index in [9.17, 15) is 4.39 Å². The highest BCUT2D eigenvalue weighted by Gasteiger charge is 1.86. The van der Waals surface area contributed by atoms with Gasteiger partial charge in [-0.05, 0) is 24.1 Å². The summed E-state index contributed by atoms with van der Waals surface area (Å²) in [6.45, 7) is 2.07. The Morgan fingerprint density at radius 3 is 2.45 bits per heavy atom. The van der Waals surface area contributed by atoms with Crippen molar-refractivity contribution in [1.82, 2.24) is 0 Å². The van der Waals surface area contributed by atoms with Crippen LogP contribution < -0.4 is 0 Å². The molecule has 1 aromatic carbocycles. The molecule has 1 heteroatoms. The van der Waals surface area contributed by atoms with Gasteiger partial charge in [0, 0.05) is 0 Å². The second-order valence-corrected chi connectivity index (χ2v) is 2.36. The Morgan fingerprint density at radius 2 is 1.91 bits per heavy atom. The third kappa shape index (κ3) is 2.54. The Balaban J connectivity index is 2.73. The number of hydrogen-bond acceptors (Lipinski definition) is 0. The first-order valence-electron chi connectivity index (χ1n) is 3.75. The zero-order valence-corrected chi connectivity index (χ0v) is 6.55. The van der Waals surface area contributed by atoms with Crippen molar-refractivity contribution in [2.24, 2.45) is 0 Å². The summed E-state index contributed by atoms with van der Waals surface area (Å²) in [4.78, 5) is 0. The van der Waals surface area contributed by atoms with Crippen molar-refractivity contribution in [1.29, 1.82) is 0 Å². The molecule has 58 valence electrons. The quantitative estimate of drug-likeness (QED) is 0.607. The number of allylic oxidation sites excluding steroid dienone is 1. The highest BCUT2D eigenvalue weighted by Crippen LogP contribution is 2.04. The molecule has 1 aromatic rings. The van der Waals surface area contributed by atoms with Crippen LogP contribution in [-0.4, -0.2) is 0 Å². The first kappa shape index (κ1) is 7.99. The van der Waals surface area contributed by atoms with Gasteiger partial charge in [0.05, 0.1) is 0 Å². The first-order valence-corrected chi connectivity index (χ1v) is 3.75. The molecule has 0 saturated heterocycles. The van der Waals surface area contributed by atoms with Crippen LogP contribution in [0.3, 0.4) is 0 Å². The molecular formula is C10H11F. The molecule has 1 rings (SSSR count). The molecule has 0 fully saturated rings. The van der Waals surface area contributed by atoms with Gasteiger partial charge in [0.2, 0.25) is 0 Å².